The van der Waals surface area contributed by atoms with E-state index < -0.39 is 0 Å². The minimum atomic E-state index is 0.381. The van der Waals surface area contributed by atoms with Gasteiger partial charge in [-0.2, -0.15) is 0 Å². The van der Waals surface area contributed by atoms with Crippen molar-refractivity contribution in [3.05, 3.63) is 51.4 Å². The molecule has 0 fully saturated rings. The normalized spacial score (nSPS) is 13.0. The second-order valence-corrected chi connectivity index (χ2v) is 7.03. The molecule has 0 saturated carbocycles. The van der Waals surface area contributed by atoms with Crippen molar-refractivity contribution in [3.8, 4) is 10.8 Å². The van der Waals surface area contributed by atoms with E-state index in [-0.39, 0.29) is 0 Å². The van der Waals surface area contributed by atoms with Gasteiger partial charge in [-0.1, -0.05) is 12.1 Å². The number of aromatic nitrogens is 1. The number of rotatable bonds is 5. The van der Waals surface area contributed by atoms with Crippen molar-refractivity contribution < 1.29 is 4.42 Å². The van der Waals surface area contributed by atoms with Crippen molar-refractivity contribution in [3.63, 3.8) is 0 Å². The zero-order chi connectivity index (χ0) is 14.8. The van der Waals surface area contributed by atoms with Crippen LogP contribution in [0.25, 0.3) is 10.8 Å². The third-order valence-corrected chi connectivity index (χ3v) is 5.54. The fraction of sp³-hybridized carbons (Fsp3) is 0.312. The van der Waals surface area contributed by atoms with Gasteiger partial charge in [0.1, 0.15) is 5.76 Å². The summed E-state index contributed by atoms with van der Waals surface area (Å²) in [6.07, 6.45) is 0. The van der Waals surface area contributed by atoms with E-state index >= 15 is 0 Å². The van der Waals surface area contributed by atoms with Gasteiger partial charge in [0.2, 0.25) is 5.89 Å². The summed E-state index contributed by atoms with van der Waals surface area (Å²) in [5, 5.41) is 4.16. The molecule has 0 aliphatic carbocycles. The highest BCUT2D eigenvalue weighted by atomic mass is 32.1. The van der Waals surface area contributed by atoms with Crippen molar-refractivity contribution in [2.24, 2.45) is 0 Å². The molecule has 0 spiro atoms. The molecule has 21 heavy (non-hydrogen) atoms. The lowest BCUT2D eigenvalue weighted by Crippen LogP contribution is -2.21. The Morgan fingerprint density at radius 3 is 2.67 bits per heavy atom. The summed E-state index contributed by atoms with van der Waals surface area (Å²) in [5.41, 5.74) is 1.02. The van der Waals surface area contributed by atoms with Crippen molar-refractivity contribution in [1.29, 1.82) is 0 Å². The van der Waals surface area contributed by atoms with Gasteiger partial charge in [0, 0.05) is 17.5 Å². The Hall–Kier alpha value is -1.43. The first kappa shape index (κ1) is 14.5. The number of aryl methyl sites for hydroxylation is 1. The highest BCUT2D eigenvalue weighted by Crippen LogP contribution is 2.28. The molecule has 0 unspecified atom stereocenters. The van der Waals surface area contributed by atoms with Crippen molar-refractivity contribution in [2.45, 2.75) is 26.4 Å². The number of nitrogens with zero attached hydrogens (tertiary/aromatic N) is 2. The van der Waals surface area contributed by atoms with Crippen molar-refractivity contribution in [1.82, 2.24) is 9.88 Å². The van der Waals surface area contributed by atoms with E-state index in [9.17, 15) is 0 Å². The number of oxazole rings is 1. The number of thiophene rings is 2. The van der Waals surface area contributed by atoms with Crippen LogP contribution in [0.3, 0.4) is 0 Å². The maximum atomic E-state index is 5.81. The molecule has 0 aromatic carbocycles. The molecule has 3 aromatic rings. The molecular formula is C16H18N2OS2. The maximum Gasteiger partial charge on any atom is 0.236 e. The third-order valence-electron chi connectivity index (χ3n) is 3.64. The van der Waals surface area contributed by atoms with Gasteiger partial charge in [0.15, 0.2) is 0 Å². The molecule has 5 heteroatoms. The molecule has 3 rings (SSSR count). The van der Waals surface area contributed by atoms with Crippen LogP contribution < -0.4 is 0 Å². The van der Waals surface area contributed by atoms with E-state index in [1.807, 2.05) is 24.4 Å². The molecule has 0 aliphatic heterocycles. The van der Waals surface area contributed by atoms with Gasteiger partial charge in [0.25, 0.3) is 0 Å². The van der Waals surface area contributed by atoms with E-state index in [2.05, 4.69) is 41.4 Å². The quantitative estimate of drug-likeness (QED) is 0.665. The highest BCUT2D eigenvalue weighted by Gasteiger charge is 2.18. The Morgan fingerprint density at radius 2 is 2.00 bits per heavy atom. The number of hydrogen-bond acceptors (Lipinski definition) is 5. The van der Waals surface area contributed by atoms with Gasteiger partial charge in [-0.15, -0.1) is 22.7 Å². The average Bonchev–Trinajstić information content (AvgIpc) is 3.20. The van der Waals surface area contributed by atoms with Crippen molar-refractivity contribution in [2.75, 3.05) is 7.05 Å². The predicted octanol–water partition coefficient (Wildman–Crippen LogP) is 4.97. The SMILES string of the molecule is Cc1oc(-c2cccs2)nc1CN(C)[C@H](C)c1cccs1. The molecule has 3 nitrogen and oxygen atoms in total. The molecule has 3 aromatic heterocycles. The summed E-state index contributed by atoms with van der Waals surface area (Å²) < 4.78 is 5.81. The van der Waals surface area contributed by atoms with E-state index in [1.54, 1.807) is 22.7 Å². The van der Waals surface area contributed by atoms with E-state index in [0.717, 1.165) is 28.8 Å². The molecule has 1 atom stereocenters. The summed E-state index contributed by atoms with van der Waals surface area (Å²) in [4.78, 5) is 9.42. The summed E-state index contributed by atoms with van der Waals surface area (Å²) in [6.45, 7) is 5.00. The van der Waals surface area contributed by atoms with Gasteiger partial charge < -0.3 is 4.42 Å². The summed E-state index contributed by atoms with van der Waals surface area (Å²) in [6, 6.07) is 8.72. The van der Waals surface area contributed by atoms with Crippen LogP contribution in [-0.2, 0) is 6.54 Å². The zero-order valence-corrected chi connectivity index (χ0v) is 14.0. The molecule has 3 heterocycles. The van der Waals surface area contributed by atoms with Gasteiger partial charge >= 0.3 is 0 Å². The molecule has 0 aliphatic rings. The van der Waals surface area contributed by atoms with Crippen LogP contribution in [0.1, 0.15) is 29.3 Å². The lowest BCUT2D eigenvalue weighted by Gasteiger charge is -2.22. The van der Waals surface area contributed by atoms with Crippen LogP contribution in [0.4, 0.5) is 0 Å². The summed E-state index contributed by atoms with van der Waals surface area (Å²) >= 11 is 3.45. The fourth-order valence-corrected chi connectivity index (χ4v) is 3.70. The van der Waals surface area contributed by atoms with Crippen LogP contribution in [0, 0.1) is 6.92 Å². The molecule has 0 amide bonds. The largest absolute Gasteiger partial charge is 0.440 e. The number of hydrogen-bond donors (Lipinski definition) is 0. The highest BCUT2D eigenvalue weighted by molar-refractivity contribution is 7.13. The second-order valence-electron chi connectivity index (χ2n) is 5.11. The Morgan fingerprint density at radius 1 is 1.24 bits per heavy atom. The molecule has 0 radical (unpaired) electrons. The Labute approximate surface area is 132 Å². The molecule has 0 saturated heterocycles. The lowest BCUT2D eigenvalue weighted by molar-refractivity contribution is 0.252. The lowest BCUT2D eigenvalue weighted by atomic mass is 10.2. The van der Waals surface area contributed by atoms with E-state index in [4.69, 9.17) is 4.42 Å². The van der Waals surface area contributed by atoms with Crippen molar-refractivity contribution >= 4 is 22.7 Å². The summed E-state index contributed by atoms with van der Waals surface area (Å²) in [5.74, 6) is 1.64. The minimum absolute atomic E-state index is 0.381. The first-order valence-corrected chi connectivity index (χ1v) is 8.65. The minimum Gasteiger partial charge on any atom is -0.440 e. The predicted molar refractivity (Wildman–Crippen MR) is 88.8 cm³/mol. The van der Waals surface area contributed by atoms with Crippen LogP contribution in [0.15, 0.2) is 39.4 Å². The van der Waals surface area contributed by atoms with Crippen LogP contribution in [-0.4, -0.2) is 16.9 Å². The second kappa shape index (κ2) is 6.13. The first-order valence-electron chi connectivity index (χ1n) is 6.89. The monoisotopic (exact) mass is 318 g/mol. The van der Waals surface area contributed by atoms with Crippen LogP contribution in [0.5, 0.6) is 0 Å². The van der Waals surface area contributed by atoms with Crippen LogP contribution in [0.2, 0.25) is 0 Å². The molecule has 110 valence electrons. The molecule has 0 bridgehead atoms. The Bertz CT molecular complexity index is 686. The first-order chi connectivity index (χ1) is 10.1. The summed E-state index contributed by atoms with van der Waals surface area (Å²) in [7, 11) is 2.13. The smallest absolute Gasteiger partial charge is 0.236 e. The van der Waals surface area contributed by atoms with E-state index in [1.165, 1.54) is 4.88 Å². The van der Waals surface area contributed by atoms with Gasteiger partial charge in [-0.05, 0) is 43.8 Å². The third kappa shape index (κ3) is 3.10. The van der Waals surface area contributed by atoms with Gasteiger partial charge in [0.05, 0.1) is 10.6 Å². The zero-order valence-electron chi connectivity index (χ0n) is 12.4. The van der Waals surface area contributed by atoms with E-state index in [0.29, 0.717) is 6.04 Å². The van der Waals surface area contributed by atoms with Gasteiger partial charge in [-0.3, -0.25) is 4.90 Å². The molecule has 0 N–H and O–H groups in total. The maximum absolute atomic E-state index is 5.81. The van der Waals surface area contributed by atoms with Crippen LogP contribution >= 0.6 is 22.7 Å². The average molecular weight is 318 g/mol. The molecular weight excluding hydrogens is 300 g/mol. The standard InChI is InChI=1S/C16H18N2OS2/c1-11(14-6-4-8-20-14)18(3)10-13-12(2)19-16(17-13)15-7-5-9-21-15/h4-9,11H,10H2,1-3H3/t11-/m1/s1. The van der Waals surface area contributed by atoms with Gasteiger partial charge in [-0.25, -0.2) is 4.98 Å². The topological polar surface area (TPSA) is 29.3 Å². The Kier molecular flexibility index (Phi) is 4.24. The fourth-order valence-electron chi connectivity index (χ4n) is 2.20. The Balaban J connectivity index is 1.76.